The molecule has 1 heterocycles. The van der Waals surface area contributed by atoms with Gasteiger partial charge in [0.25, 0.3) is 0 Å². The lowest BCUT2D eigenvalue weighted by molar-refractivity contribution is 0.177. The number of piperidine rings is 1. The van der Waals surface area contributed by atoms with Crippen LogP contribution in [0.25, 0.3) is 11.1 Å². The first-order chi connectivity index (χ1) is 9.86. The monoisotopic (exact) mass is 266 g/mol. The molecule has 3 rings (SSSR count). The third kappa shape index (κ3) is 2.86. The SMILES string of the molecule is [O]Cc1ccc(-c2ccc(N3CCCCC3)cc2)cc1. The highest BCUT2D eigenvalue weighted by molar-refractivity contribution is 5.66. The van der Waals surface area contributed by atoms with Crippen molar-refractivity contribution in [2.75, 3.05) is 18.0 Å². The highest BCUT2D eigenvalue weighted by atomic mass is 16.3. The molecule has 1 fully saturated rings. The van der Waals surface area contributed by atoms with E-state index in [1.807, 2.05) is 24.3 Å². The van der Waals surface area contributed by atoms with E-state index < -0.39 is 0 Å². The summed E-state index contributed by atoms with van der Waals surface area (Å²) in [6.45, 7) is 2.21. The summed E-state index contributed by atoms with van der Waals surface area (Å²) < 4.78 is 0. The Morgan fingerprint density at radius 1 is 0.750 bits per heavy atom. The van der Waals surface area contributed by atoms with Gasteiger partial charge in [-0.2, -0.15) is 0 Å². The molecule has 1 radical (unpaired) electrons. The van der Waals surface area contributed by atoms with Crippen LogP contribution in [0.1, 0.15) is 24.8 Å². The first kappa shape index (κ1) is 13.2. The van der Waals surface area contributed by atoms with Crippen LogP contribution >= 0.6 is 0 Å². The number of hydrogen-bond donors (Lipinski definition) is 0. The van der Waals surface area contributed by atoms with Crippen LogP contribution in [0.15, 0.2) is 48.5 Å². The zero-order valence-electron chi connectivity index (χ0n) is 11.7. The normalized spacial score (nSPS) is 15.3. The Kier molecular flexibility index (Phi) is 4.03. The van der Waals surface area contributed by atoms with Gasteiger partial charge in [-0.05, 0) is 48.1 Å². The first-order valence-corrected chi connectivity index (χ1v) is 7.39. The zero-order valence-corrected chi connectivity index (χ0v) is 11.7. The second-order valence-electron chi connectivity index (χ2n) is 5.44. The number of nitrogens with zero attached hydrogens (tertiary/aromatic N) is 1. The van der Waals surface area contributed by atoms with E-state index in [4.69, 9.17) is 0 Å². The Morgan fingerprint density at radius 2 is 1.30 bits per heavy atom. The summed E-state index contributed by atoms with van der Waals surface area (Å²) in [5.74, 6) is 0. The predicted octanol–water partition coefficient (Wildman–Crippen LogP) is 4.27. The fraction of sp³-hybridized carbons (Fsp3) is 0.333. The Balaban J connectivity index is 1.77. The van der Waals surface area contributed by atoms with E-state index in [1.165, 1.54) is 49.2 Å². The van der Waals surface area contributed by atoms with Gasteiger partial charge in [0.1, 0.15) is 6.61 Å². The third-order valence-corrected chi connectivity index (χ3v) is 4.04. The molecule has 0 atom stereocenters. The molecule has 1 saturated heterocycles. The molecule has 0 saturated carbocycles. The van der Waals surface area contributed by atoms with Crippen LogP contribution in [0.3, 0.4) is 0 Å². The minimum absolute atomic E-state index is 0.145. The zero-order chi connectivity index (χ0) is 13.8. The molecular formula is C18H20NO. The fourth-order valence-electron chi connectivity index (χ4n) is 2.81. The van der Waals surface area contributed by atoms with Crippen molar-refractivity contribution in [2.24, 2.45) is 0 Å². The van der Waals surface area contributed by atoms with E-state index in [0.717, 1.165) is 5.56 Å². The fourth-order valence-corrected chi connectivity index (χ4v) is 2.81. The summed E-state index contributed by atoms with van der Waals surface area (Å²) in [5.41, 5.74) is 4.55. The largest absolute Gasteiger partial charge is 0.372 e. The summed E-state index contributed by atoms with van der Waals surface area (Å²) in [6.07, 6.45) is 3.97. The van der Waals surface area contributed by atoms with Crippen molar-refractivity contribution >= 4 is 5.69 Å². The van der Waals surface area contributed by atoms with Crippen molar-refractivity contribution in [3.8, 4) is 11.1 Å². The maximum absolute atomic E-state index is 10.8. The second kappa shape index (κ2) is 6.10. The summed E-state index contributed by atoms with van der Waals surface area (Å²) in [6, 6.07) is 16.7. The van der Waals surface area contributed by atoms with Crippen LogP contribution in [0.2, 0.25) is 0 Å². The number of anilines is 1. The molecule has 2 aromatic rings. The minimum atomic E-state index is -0.145. The van der Waals surface area contributed by atoms with Crippen molar-refractivity contribution in [3.63, 3.8) is 0 Å². The quantitative estimate of drug-likeness (QED) is 0.813. The molecule has 1 aliphatic heterocycles. The molecular weight excluding hydrogens is 246 g/mol. The number of benzene rings is 2. The van der Waals surface area contributed by atoms with Crippen LogP contribution in [0, 0.1) is 0 Å². The van der Waals surface area contributed by atoms with Crippen molar-refractivity contribution in [3.05, 3.63) is 54.1 Å². The molecule has 2 nitrogen and oxygen atoms in total. The molecule has 0 amide bonds. The molecule has 20 heavy (non-hydrogen) atoms. The smallest absolute Gasteiger partial charge is 0.107 e. The van der Waals surface area contributed by atoms with Crippen molar-refractivity contribution in [1.82, 2.24) is 0 Å². The third-order valence-electron chi connectivity index (χ3n) is 4.04. The highest BCUT2D eigenvalue weighted by Gasteiger charge is 2.10. The van der Waals surface area contributed by atoms with E-state index >= 15 is 0 Å². The maximum Gasteiger partial charge on any atom is 0.107 e. The van der Waals surface area contributed by atoms with E-state index in [-0.39, 0.29) is 6.61 Å². The Bertz CT molecular complexity index is 539. The van der Waals surface area contributed by atoms with Crippen molar-refractivity contribution in [2.45, 2.75) is 25.9 Å². The lowest BCUT2D eigenvalue weighted by atomic mass is 10.0. The molecule has 0 aromatic heterocycles. The van der Waals surface area contributed by atoms with Gasteiger partial charge in [0.15, 0.2) is 0 Å². The molecule has 103 valence electrons. The average Bonchev–Trinajstić information content (AvgIpc) is 2.56. The van der Waals surface area contributed by atoms with Crippen LogP contribution in [-0.4, -0.2) is 13.1 Å². The molecule has 0 bridgehead atoms. The standard InChI is InChI=1S/C18H20NO/c20-14-15-4-6-16(7-5-15)17-8-10-18(11-9-17)19-12-2-1-3-13-19/h4-11H,1-3,12-14H2. The van der Waals surface area contributed by atoms with Crippen molar-refractivity contribution < 1.29 is 5.11 Å². The highest BCUT2D eigenvalue weighted by Crippen LogP contribution is 2.25. The Labute approximate surface area is 120 Å². The van der Waals surface area contributed by atoms with Gasteiger partial charge in [-0.15, -0.1) is 0 Å². The molecule has 0 N–H and O–H groups in total. The first-order valence-electron chi connectivity index (χ1n) is 7.39. The van der Waals surface area contributed by atoms with Gasteiger partial charge in [-0.25, -0.2) is 5.11 Å². The average molecular weight is 266 g/mol. The molecule has 2 aromatic carbocycles. The van der Waals surface area contributed by atoms with E-state index in [1.54, 1.807) is 0 Å². The van der Waals surface area contributed by atoms with E-state index in [0.29, 0.717) is 0 Å². The lowest BCUT2D eigenvalue weighted by Crippen LogP contribution is -2.29. The Morgan fingerprint density at radius 3 is 1.85 bits per heavy atom. The number of rotatable bonds is 3. The van der Waals surface area contributed by atoms with E-state index in [2.05, 4.69) is 29.2 Å². The summed E-state index contributed by atoms with van der Waals surface area (Å²) >= 11 is 0. The van der Waals surface area contributed by atoms with Crippen molar-refractivity contribution in [1.29, 1.82) is 0 Å². The van der Waals surface area contributed by atoms with Gasteiger partial charge < -0.3 is 4.90 Å². The second-order valence-corrected chi connectivity index (χ2v) is 5.44. The van der Waals surface area contributed by atoms with Crippen LogP contribution in [-0.2, 0) is 11.7 Å². The van der Waals surface area contributed by atoms with Crippen LogP contribution < -0.4 is 4.90 Å². The summed E-state index contributed by atoms with van der Waals surface area (Å²) in [5, 5.41) is 10.8. The van der Waals surface area contributed by atoms with Crippen LogP contribution in [0.5, 0.6) is 0 Å². The van der Waals surface area contributed by atoms with Gasteiger partial charge in [0.05, 0.1) is 0 Å². The predicted molar refractivity (Wildman–Crippen MR) is 82.3 cm³/mol. The minimum Gasteiger partial charge on any atom is -0.372 e. The van der Waals surface area contributed by atoms with Gasteiger partial charge in [0.2, 0.25) is 0 Å². The molecule has 0 spiro atoms. The van der Waals surface area contributed by atoms with Gasteiger partial charge in [-0.1, -0.05) is 36.4 Å². The summed E-state index contributed by atoms with van der Waals surface area (Å²) in [4.78, 5) is 2.47. The Hall–Kier alpha value is -1.80. The molecule has 1 aliphatic rings. The molecule has 0 unspecified atom stereocenters. The molecule has 0 aliphatic carbocycles. The maximum atomic E-state index is 10.8. The molecule has 2 heteroatoms. The van der Waals surface area contributed by atoms with Gasteiger partial charge >= 0.3 is 0 Å². The van der Waals surface area contributed by atoms with Gasteiger partial charge in [-0.3, -0.25) is 0 Å². The lowest BCUT2D eigenvalue weighted by Gasteiger charge is -2.28. The summed E-state index contributed by atoms with van der Waals surface area (Å²) in [7, 11) is 0. The van der Waals surface area contributed by atoms with Crippen LogP contribution in [0.4, 0.5) is 5.69 Å². The van der Waals surface area contributed by atoms with Gasteiger partial charge in [0, 0.05) is 18.8 Å². The van der Waals surface area contributed by atoms with E-state index in [9.17, 15) is 5.11 Å². The topological polar surface area (TPSA) is 23.1 Å². The number of hydrogen-bond acceptors (Lipinski definition) is 1.